The van der Waals surface area contributed by atoms with Gasteiger partial charge in [-0.2, -0.15) is 13.2 Å². The van der Waals surface area contributed by atoms with Gasteiger partial charge in [0.05, 0.1) is 12.1 Å². The van der Waals surface area contributed by atoms with Crippen molar-refractivity contribution in [3.63, 3.8) is 0 Å². The van der Waals surface area contributed by atoms with E-state index < -0.39 is 11.7 Å². The standard InChI is InChI=1S/C14H19F3N2/c1-2-3-4-13(19-10-9-18)11-5-7-12(8-6-11)14(15,16)17/h5-8H,2-4,9-10,18H2,1H3. The zero-order valence-corrected chi connectivity index (χ0v) is 11.0. The molecule has 0 aliphatic carbocycles. The Hall–Kier alpha value is -1.36. The fourth-order valence-corrected chi connectivity index (χ4v) is 1.71. The zero-order valence-electron chi connectivity index (χ0n) is 11.0. The second kappa shape index (κ2) is 7.28. The molecule has 1 aromatic rings. The van der Waals surface area contributed by atoms with E-state index in [0.717, 1.165) is 42.7 Å². The maximum Gasteiger partial charge on any atom is 0.416 e. The second-order valence-electron chi connectivity index (χ2n) is 4.30. The van der Waals surface area contributed by atoms with Gasteiger partial charge in [0.1, 0.15) is 0 Å². The van der Waals surface area contributed by atoms with E-state index in [2.05, 4.69) is 11.9 Å². The van der Waals surface area contributed by atoms with Crippen LogP contribution in [0.5, 0.6) is 0 Å². The van der Waals surface area contributed by atoms with Gasteiger partial charge in [-0.3, -0.25) is 4.99 Å². The molecule has 1 aromatic carbocycles. The van der Waals surface area contributed by atoms with Crippen LogP contribution in [0.25, 0.3) is 0 Å². The van der Waals surface area contributed by atoms with Crippen LogP contribution in [0.15, 0.2) is 29.3 Å². The van der Waals surface area contributed by atoms with Crippen molar-refractivity contribution in [3.8, 4) is 0 Å². The third-order valence-corrected chi connectivity index (χ3v) is 2.74. The summed E-state index contributed by atoms with van der Waals surface area (Å²) in [7, 11) is 0. The molecule has 0 heterocycles. The predicted octanol–water partition coefficient (Wildman–Crippen LogP) is 3.64. The first kappa shape index (κ1) is 15.7. The number of alkyl halides is 3. The second-order valence-corrected chi connectivity index (χ2v) is 4.30. The summed E-state index contributed by atoms with van der Waals surface area (Å²) in [5.74, 6) is 0. The minimum atomic E-state index is -4.30. The molecule has 0 bridgehead atoms. The quantitative estimate of drug-likeness (QED) is 0.789. The topological polar surface area (TPSA) is 38.4 Å². The minimum Gasteiger partial charge on any atom is -0.329 e. The summed E-state index contributed by atoms with van der Waals surface area (Å²) in [6, 6.07) is 5.15. The molecule has 0 spiro atoms. The summed E-state index contributed by atoms with van der Waals surface area (Å²) >= 11 is 0. The highest BCUT2D eigenvalue weighted by atomic mass is 19.4. The van der Waals surface area contributed by atoms with Gasteiger partial charge < -0.3 is 5.73 Å². The highest BCUT2D eigenvalue weighted by molar-refractivity contribution is 6.00. The van der Waals surface area contributed by atoms with Crippen LogP contribution in [-0.4, -0.2) is 18.8 Å². The number of rotatable bonds is 6. The van der Waals surface area contributed by atoms with Gasteiger partial charge >= 0.3 is 6.18 Å². The fourth-order valence-electron chi connectivity index (χ4n) is 1.71. The van der Waals surface area contributed by atoms with Crippen LogP contribution in [0.1, 0.15) is 37.3 Å². The molecule has 0 aliphatic heterocycles. The van der Waals surface area contributed by atoms with Gasteiger partial charge in [0.2, 0.25) is 0 Å². The first-order valence-corrected chi connectivity index (χ1v) is 6.40. The van der Waals surface area contributed by atoms with E-state index in [0.29, 0.717) is 13.1 Å². The smallest absolute Gasteiger partial charge is 0.329 e. The molecule has 0 amide bonds. The molecule has 0 unspecified atom stereocenters. The van der Waals surface area contributed by atoms with Gasteiger partial charge in [-0.05, 0) is 30.5 Å². The summed E-state index contributed by atoms with van der Waals surface area (Å²) in [4.78, 5) is 4.35. The third kappa shape index (κ3) is 5.03. The molecular weight excluding hydrogens is 253 g/mol. The molecule has 0 aliphatic rings. The van der Waals surface area contributed by atoms with E-state index in [9.17, 15) is 13.2 Å². The van der Waals surface area contributed by atoms with Gasteiger partial charge in [-0.15, -0.1) is 0 Å². The van der Waals surface area contributed by atoms with Gasteiger partial charge in [-0.25, -0.2) is 0 Å². The summed E-state index contributed by atoms with van der Waals surface area (Å²) in [6.45, 7) is 3.00. The normalized spacial score (nSPS) is 12.8. The number of hydrogen-bond acceptors (Lipinski definition) is 2. The Labute approximate surface area is 111 Å². The lowest BCUT2D eigenvalue weighted by Crippen LogP contribution is -2.09. The number of halogens is 3. The van der Waals surface area contributed by atoms with Crippen LogP contribution in [0.4, 0.5) is 13.2 Å². The van der Waals surface area contributed by atoms with Crippen molar-refractivity contribution in [2.75, 3.05) is 13.1 Å². The molecule has 0 fully saturated rings. The molecule has 0 saturated heterocycles. The monoisotopic (exact) mass is 272 g/mol. The Morgan fingerprint density at radius 3 is 2.32 bits per heavy atom. The van der Waals surface area contributed by atoms with Crippen molar-refractivity contribution in [3.05, 3.63) is 35.4 Å². The van der Waals surface area contributed by atoms with Crippen LogP contribution < -0.4 is 5.73 Å². The Bertz CT molecular complexity index is 408. The number of unbranched alkanes of at least 4 members (excludes halogenated alkanes) is 1. The summed E-state index contributed by atoms with van der Waals surface area (Å²) < 4.78 is 37.4. The zero-order chi connectivity index (χ0) is 14.3. The molecule has 5 heteroatoms. The first-order valence-electron chi connectivity index (χ1n) is 6.40. The fraction of sp³-hybridized carbons (Fsp3) is 0.500. The molecule has 0 saturated carbocycles. The molecular formula is C14H19F3N2. The largest absolute Gasteiger partial charge is 0.416 e. The van der Waals surface area contributed by atoms with Crippen LogP contribution >= 0.6 is 0 Å². The van der Waals surface area contributed by atoms with E-state index in [4.69, 9.17) is 5.73 Å². The lowest BCUT2D eigenvalue weighted by atomic mass is 10.0. The van der Waals surface area contributed by atoms with Crippen molar-refractivity contribution in [2.45, 2.75) is 32.4 Å². The average molecular weight is 272 g/mol. The maximum absolute atomic E-state index is 12.5. The minimum absolute atomic E-state index is 0.441. The van der Waals surface area contributed by atoms with Gasteiger partial charge in [0, 0.05) is 12.3 Å². The molecule has 1 rings (SSSR count). The molecule has 0 radical (unpaired) electrons. The molecule has 2 N–H and O–H groups in total. The summed E-state index contributed by atoms with van der Waals surface area (Å²) in [5, 5.41) is 0. The predicted molar refractivity (Wildman–Crippen MR) is 71.4 cm³/mol. The average Bonchev–Trinajstić information content (AvgIpc) is 2.38. The molecule has 0 aromatic heterocycles. The lowest BCUT2D eigenvalue weighted by Gasteiger charge is -2.10. The Morgan fingerprint density at radius 2 is 1.84 bits per heavy atom. The number of benzene rings is 1. The Balaban J connectivity index is 2.90. The maximum atomic E-state index is 12.5. The van der Waals surface area contributed by atoms with E-state index >= 15 is 0 Å². The van der Waals surface area contributed by atoms with E-state index in [1.807, 2.05) is 0 Å². The lowest BCUT2D eigenvalue weighted by molar-refractivity contribution is -0.137. The van der Waals surface area contributed by atoms with Crippen molar-refractivity contribution < 1.29 is 13.2 Å². The number of nitrogens with two attached hydrogens (primary N) is 1. The van der Waals surface area contributed by atoms with Crippen LogP contribution in [0.3, 0.4) is 0 Å². The SMILES string of the molecule is CCCCC(=NCCN)c1ccc(C(F)(F)F)cc1. The van der Waals surface area contributed by atoms with Crippen molar-refractivity contribution >= 4 is 5.71 Å². The highest BCUT2D eigenvalue weighted by Crippen LogP contribution is 2.29. The number of aliphatic imine (C=N–C) groups is 1. The van der Waals surface area contributed by atoms with Crippen molar-refractivity contribution in [2.24, 2.45) is 10.7 Å². The van der Waals surface area contributed by atoms with Gasteiger partial charge in [0.15, 0.2) is 0 Å². The van der Waals surface area contributed by atoms with E-state index in [1.165, 1.54) is 12.1 Å². The van der Waals surface area contributed by atoms with Crippen molar-refractivity contribution in [1.29, 1.82) is 0 Å². The van der Waals surface area contributed by atoms with Gasteiger partial charge in [0.25, 0.3) is 0 Å². The molecule has 19 heavy (non-hydrogen) atoms. The molecule has 106 valence electrons. The summed E-state index contributed by atoms with van der Waals surface area (Å²) in [5.41, 5.74) is 6.35. The van der Waals surface area contributed by atoms with Crippen molar-refractivity contribution in [1.82, 2.24) is 0 Å². The van der Waals surface area contributed by atoms with Gasteiger partial charge in [-0.1, -0.05) is 25.5 Å². The first-order chi connectivity index (χ1) is 8.99. The number of hydrogen-bond donors (Lipinski definition) is 1. The third-order valence-electron chi connectivity index (χ3n) is 2.74. The highest BCUT2D eigenvalue weighted by Gasteiger charge is 2.30. The summed E-state index contributed by atoms with van der Waals surface area (Å²) in [6.07, 6.45) is -1.55. The Morgan fingerprint density at radius 1 is 1.21 bits per heavy atom. The number of nitrogens with zero attached hydrogens (tertiary/aromatic N) is 1. The van der Waals surface area contributed by atoms with Crippen LogP contribution in [0, 0.1) is 0 Å². The molecule has 2 nitrogen and oxygen atoms in total. The van der Waals surface area contributed by atoms with E-state index in [1.54, 1.807) is 0 Å². The van der Waals surface area contributed by atoms with Crippen LogP contribution in [-0.2, 0) is 6.18 Å². The molecule has 0 atom stereocenters. The van der Waals surface area contributed by atoms with Crippen LogP contribution in [0.2, 0.25) is 0 Å². The Kier molecular flexibility index (Phi) is 6.02. The van der Waals surface area contributed by atoms with E-state index in [-0.39, 0.29) is 0 Å².